The molecule has 0 bridgehead atoms. The quantitative estimate of drug-likeness (QED) is 0.628. The molecule has 3 rings (SSSR count). The Morgan fingerprint density at radius 3 is 2.47 bits per heavy atom. The van der Waals surface area contributed by atoms with Gasteiger partial charge in [-0.3, -0.25) is 9.59 Å². The van der Waals surface area contributed by atoms with E-state index in [0.717, 1.165) is 17.0 Å². The summed E-state index contributed by atoms with van der Waals surface area (Å²) in [4.78, 5) is 29.2. The van der Waals surface area contributed by atoms with Crippen molar-refractivity contribution in [1.29, 1.82) is 0 Å². The minimum Gasteiger partial charge on any atom is -0.320 e. The summed E-state index contributed by atoms with van der Waals surface area (Å²) in [7, 11) is 0. The van der Waals surface area contributed by atoms with Gasteiger partial charge in [0.1, 0.15) is 0 Å². The van der Waals surface area contributed by atoms with Gasteiger partial charge in [-0.2, -0.15) is 0 Å². The number of rotatable bonds is 0. The summed E-state index contributed by atoms with van der Waals surface area (Å²) in [6.07, 6.45) is 1.01. The maximum Gasteiger partial charge on any atom is 0.279 e. The molecule has 0 unspecified atom stereocenters. The topological polar surface area (TPSA) is 62.8 Å². The summed E-state index contributed by atoms with van der Waals surface area (Å²) < 4.78 is 0. The second-order valence-electron chi connectivity index (χ2n) is 3.80. The number of aromatic amines is 1. The molecule has 4 nitrogen and oxygen atoms in total. The van der Waals surface area contributed by atoms with Crippen molar-refractivity contribution in [2.45, 2.75) is 0 Å². The maximum atomic E-state index is 11.7. The SMILES string of the molecule is O=c1cnc(=O)c2cc3ccccc3cc2[nH]1. The van der Waals surface area contributed by atoms with Crippen molar-refractivity contribution < 1.29 is 0 Å². The third-order valence-corrected chi connectivity index (χ3v) is 2.67. The number of nitrogens with zero attached hydrogens (tertiary/aromatic N) is 1. The Bertz CT molecular complexity index is 837. The number of nitrogens with one attached hydrogen (secondary N) is 1. The maximum absolute atomic E-state index is 11.7. The fraction of sp³-hybridized carbons (Fsp3) is 0. The fourth-order valence-electron chi connectivity index (χ4n) is 1.87. The molecule has 0 spiro atoms. The minimum absolute atomic E-state index is 0.382. The zero-order chi connectivity index (χ0) is 11.8. The van der Waals surface area contributed by atoms with Crippen molar-refractivity contribution in [2.75, 3.05) is 0 Å². The van der Waals surface area contributed by atoms with Crippen LogP contribution < -0.4 is 11.1 Å². The molecular weight excluding hydrogens is 216 g/mol. The number of H-pyrrole nitrogens is 1. The van der Waals surface area contributed by atoms with Gasteiger partial charge in [-0.25, -0.2) is 4.98 Å². The molecule has 0 saturated carbocycles. The van der Waals surface area contributed by atoms with E-state index in [-0.39, 0.29) is 5.56 Å². The average Bonchev–Trinajstić information content (AvgIpc) is 2.47. The first-order valence-electron chi connectivity index (χ1n) is 5.16. The first kappa shape index (κ1) is 9.72. The van der Waals surface area contributed by atoms with Crippen LogP contribution in [-0.4, -0.2) is 9.97 Å². The Morgan fingerprint density at radius 1 is 1.00 bits per heavy atom. The number of hydrogen-bond donors (Lipinski definition) is 1. The molecule has 17 heavy (non-hydrogen) atoms. The van der Waals surface area contributed by atoms with Crippen molar-refractivity contribution in [3.05, 3.63) is 63.3 Å². The summed E-state index contributed by atoms with van der Waals surface area (Å²) >= 11 is 0. The Kier molecular flexibility index (Phi) is 2.01. The minimum atomic E-state index is -0.399. The van der Waals surface area contributed by atoms with Crippen LogP contribution in [0.25, 0.3) is 21.7 Å². The Hall–Kier alpha value is -2.49. The van der Waals surface area contributed by atoms with Gasteiger partial charge in [0.2, 0.25) is 0 Å². The highest BCUT2D eigenvalue weighted by Crippen LogP contribution is 2.17. The zero-order valence-corrected chi connectivity index (χ0v) is 8.81. The fourth-order valence-corrected chi connectivity index (χ4v) is 1.87. The molecular formula is C13H8N2O2. The van der Waals surface area contributed by atoms with Crippen LogP contribution in [-0.2, 0) is 0 Å². The van der Waals surface area contributed by atoms with Crippen molar-refractivity contribution in [3.8, 4) is 0 Å². The molecule has 0 aliphatic carbocycles. The summed E-state index contributed by atoms with van der Waals surface area (Å²) in [5, 5.41) is 2.35. The number of fused-ring (bicyclic) bond motifs is 2. The molecule has 0 aliphatic rings. The second kappa shape index (κ2) is 3.52. The number of benzene rings is 2. The molecule has 1 heterocycles. The normalized spacial score (nSPS) is 10.8. The first-order chi connectivity index (χ1) is 8.24. The van der Waals surface area contributed by atoms with Gasteiger partial charge in [0.15, 0.2) is 0 Å². The van der Waals surface area contributed by atoms with E-state index in [9.17, 15) is 9.59 Å². The van der Waals surface area contributed by atoms with E-state index >= 15 is 0 Å². The van der Waals surface area contributed by atoms with Crippen LogP contribution >= 0.6 is 0 Å². The van der Waals surface area contributed by atoms with E-state index in [1.807, 2.05) is 24.3 Å². The molecule has 0 atom stereocenters. The Balaban J connectivity index is 2.64. The van der Waals surface area contributed by atoms with Gasteiger partial charge in [-0.05, 0) is 22.9 Å². The molecule has 2 aromatic carbocycles. The molecule has 3 aromatic rings. The van der Waals surface area contributed by atoms with Gasteiger partial charge in [-0.1, -0.05) is 24.3 Å². The third kappa shape index (κ3) is 1.59. The molecule has 82 valence electrons. The van der Waals surface area contributed by atoms with Gasteiger partial charge < -0.3 is 4.98 Å². The van der Waals surface area contributed by atoms with Crippen LogP contribution in [0.4, 0.5) is 0 Å². The highest BCUT2D eigenvalue weighted by atomic mass is 16.1. The van der Waals surface area contributed by atoms with Crippen LogP contribution in [0.5, 0.6) is 0 Å². The van der Waals surface area contributed by atoms with E-state index in [1.54, 1.807) is 12.1 Å². The largest absolute Gasteiger partial charge is 0.320 e. The van der Waals surface area contributed by atoms with E-state index in [0.29, 0.717) is 10.9 Å². The lowest BCUT2D eigenvalue weighted by Crippen LogP contribution is -2.02. The molecule has 1 aromatic heterocycles. The third-order valence-electron chi connectivity index (χ3n) is 2.67. The lowest BCUT2D eigenvalue weighted by atomic mass is 10.1. The Morgan fingerprint density at radius 2 is 1.71 bits per heavy atom. The highest BCUT2D eigenvalue weighted by Gasteiger charge is 2.01. The molecule has 1 N–H and O–H groups in total. The molecule has 0 saturated heterocycles. The lowest BCUT2D eigenvalue weighted by Gasteiger charge is -1.97. The summed E-state index contributed by atoms with van der Waals surface area (Å²) in [5.74, 6) is 0. The molecule has 0 radical (unpaired) electrons. The summed E-state index contributed by atoms with van der Waals surface area (Å²) in [6, 6.07) is 11.2. The van der Waals surface area contributed by atoms with Gasteiger partial charge in [0, 0.05) is 0 Å². The van der Waals surface area contributed by atoms with E-state index in [2.05, 4.69) is 9.97 Å². The van der Waals surface area contributed by atoms with E-state index in [4.69, 9.17) is 0 Å². The predicted molar refractivity (Wildman–Crippen MR) is 66.1 cm³/mol. The smallest absolute Gasteiger partial charge is 0.279 e. The van der Waals surface area contributed by atoms with E-state index in [1.165, 1.54) is 0 Å². The predicted octanol–water partition coefficient (Wildman–Crippen LogP) is 1.44. The molecule has 0 fully saturated rings. The highest BCUT2D eigenvalue weighted by molar-refractivity contribution is 5.95. The summed E-state index contributed by atoms with van der Waals surface area (Å²) in [6.45, 7) is 0. The van der Waals surface area contributed by atoms with Crippen LogP contribution in [0.3, 0.4) is 0 Å². The van der Waals surface area contributed by atoms with Crippen LogP contribution in [0.1, 0.15) is 0 Å². The number of aromatic nitrogens is 2. The first-order valence-corrected chi connectivity index (χ1v) is 5.16. The van der Waals surface area contributed by atoms with Gasteiger partial charge in [-0.15, -0.1) is 0 Å². The average molecular weight is 224 g/mol. The van der Waals surface area contributed by atoms with Gasteiger partial charge >= 0.3 is 0 Å². The van der Waals surface area contributed by atoms with Crippen molar-refractivity contribution in [1.82, 2.24) is 9.97 Å². The monoisotopic (exact) mass is 224 g/mol. The van der Waals surface area contributed by atoms with E-state index < -0.39 is 5.56 Å². The molecule has 0 amide bonds. The lowest BCUT2D eigenvalue weighted by molar-refractivity contribution is 1.23. The van der Waals surface area contributed by atoms with Crippen molar-refractivity contribution in [2.24, 2.45) is 0 Å². The zero-order valence-electron chi connectivity index (χ0n) is 8.81. The van der Waals surface area contributed by atoms with Crippen LogP contribution in [0.2, 0.25) is 0 Å². The summed E-state index contributed by atoms with van der Waals surface area (Å²) in [5.41, 5.74) is -0.271. The van der Waals surface area contributed by atoms with Crippen molar-refractivity contribution >= 4 is 21.7 Å². The van der Waals surface area contributed by atoms with Crippen molar-refractivity contribution in [3.63, 3.8) is 0 Å². The molecule has 0 aliphatic heterocycles. The molecule has 4 heteroatoms. The van der Waals surface area contributed by atoms with Gasteiger partial charge in [0.25, 0.3) is 11.1 Å². The Labute approximate surface area is 95.6 Å². The van der Waals surface area contributed by atoms with Crippen LogP contribution in [0.15, 0.2) is 52.2 Å². The van der Waals surface area contributed by atoms with Crippen LogP contribution in [0, 0.1) is 0 Å². The standard InChI is InChI=1S/C13H8N2O2/c16-12-7-14-13(17)10-5-8-3-1-2-4-9(8)6-11(10)15-12/h1-7H,(H,15,16). The second-order valence-corrected chi connectivity index (χ2v) is 3.80. The van der Waals surface area contributed by atoms with Gasteiger partial charge in [0.05, 0.1) is 17.1 Å². The number of hydrogen-bond acceptors (Lipinski definition) is 3.